The number of aliphatic imine (C=N–C) groups is 1. The van der Waals surface area contributed by atoms with E-state index in [1.807, 2.05) is 6.07 Å². The first-order chi connectivity index (χ1) is 12.7. The molecule has 0 saturated carbocycles. The summed E-state index contributed by atoms with van der Waals surface area (Å²) < 4.78 is 5.09. The van der Waals surface area contributed by atoms with Crippen molar-refractivity contribution in [3.8, 4) is 11.5 Å². The average Bonchev–Trinajstić information content (AvgIpc) is 3.20. The predicted octanol–water partition coefficient (Wildman–Crippen LogP) is 2.75. The summed E-state index contributed by atoms with van der Waals surface area (Å²) in [6, 6.07) is 9.69. The number of hydrogen-bond acceptors (Lipinski definition) is 5. The van der Waals surface area contributed by atoms with Crippen molar-refractivity contribution in [1.82, 2.24) is 10.2 Å². The Morgan fingerprint density at radius 2 is 2.08 bits per heavy atom. The highest BCUT2D eigenvalue weighted by molar-refractivity contribution is 7.14. The van der Waals surface area contributed by atoms with Gasteiger partial charge in [0.05, 0.1) is 18.7 Å². The third-order valence-corrected chi connectivity index (χ3v) is 5.32. The molecule has 1 fully saturated rings. The van der Waals surface area contributed by atoms with E-state index in [0.717, 1.165) is 44.2 Å². The van der Waals surface area contributed by atoms with Crippen LogP contribution in [0.25, 0.3) is 0 Å². The van der Waals surface area contributed by atoms with E-state index in [9.17, 15) is 5.11 Å². The lowest BCUT2D eigenvalue weighted by atomic mass is 10.2. The third-order valence-electron chi connectivity index (χ3n) is 4.39. The van der Waals surface area contributed by atoms with Gasteiger partial charge in [0.15, 0.2) is 17.5 Å². The molecule has 0 aliphatic carbocycles. The number of phenols is 1. The minimum atomic E-state index is 0.148. The molecule has 0 bridgehead atoms. The largest absolute Gasteiger partial charge is 0.504 e. The van der Waals surface area contributed by atoms with Crippen molar-refractivity contribution in [1.29, 1.82) is 0 Å². The zero-order valence-electron chi connectivity index (χ0n) is 15.3. The molecule has 26 heavy (non-hydrogen) atoms. The van der Waals surface area contributed by atoms with Crippen LogP contribution in [0.15, 0.2) is 40.7 Å². The van der Waals surface area contributed by atoms with Crippen LogP contribution >= 0.6 is 11.3 Å². The second-order valence-electron chi connectivity index (χ2n) is 6.10. The van der Waals surface area contributed by atoms with Crippen LogP contribution in [0.2, 0.25) is 0 Å². The molecule has 0 atom stereocenters. The summed E-state index contributed by atoms with van der Waals surface area (Å²) in [5.74, 6) is 1.55. The van der Waals surface area contributed by atoms with E-state index in [0.29, 0.717) is 12.3 Å². The van der Waals surface area contributed by atoms with Crippen LogP contribution in [-0.4, -0.2) is 55.8 Å². The maximum atomic E-state index is 9.92. The maximum Gasteiger partial charge on any atom is 0.194 e. The van der Waals surface area contributed by atoms with Gasteiger partial charge in [-0.2, -0.15) is 0 Å². The van der Waals surface area contributed by atoms with E-state index in [2.05, 4.69) is 39.6 Å². The number of benzene rings is 1. The Labute approximate surface area is 158 Å². The lowest BCUT2D eigenvalue weighted by Gasteiger charge is -2.37. The second-order valence-corrected chi connectivity index (χ2v) is 7.03. The lowest BCUT2D eigenvalue weighted by molar-refractivity contribution is 0.372. The Bertz CT molecular complexity index is 725. The van der Waals surface area contributed by atoms with Gasteiger partial charge >= 0.3 is 0 Å². The molecule has 1 aliphatic heterocycles. The fourth-order valence-electron chi connectivity index (χ4n) is 3.01. The van der Waals surface area contributed by atoms with Crippen LogP contribution in [0.5, 0.6) is 11.5 Å². The number of phenolic OH excluding ortho intramolecular Hbond substituents is 1. The Morgan fingerprint density at radius 1 is 1.27 bits per heavy atom. The molecule has 2 N–H and O–H groups in total. The van der Waals surface area contributed by atoms with Crippen LogP contribution < -0.4 is 15.0 Å². The minimum Gasteiger partial charge on any atom is -0.504 e. The monoisotopic (exact) mass is 374 g/mol. The van der Waals surface area contributed by atoms with E-state index < -0.39 is 0 Å². The Balaban J connectivity index is 1.63. The topological polar surface area (TPSA) is 60.3 Å². The Kier molecular flexibility index (Phi) is 6.22. The maximum absolute atomic E-state index is 9.92. The molecule has 0 unspecified atom stereocenters. The van der Waals surface area contributed by atoms with Crippen LogP contribution in [0.1, 0.15) is 12.5 Å². The van der Waals surface area contributed by atoms with Crippen molar-refractivity contribution in [2.75, 3.05) is 44.7 Å². The number of nitrogens with one attached hydrogen (secondary N) is 1. The smallest absolute Gasteiger partial charge is 0.194 e. The van der Waals surface area contributed by atoms with Crippen molar-refractivity contribution in [3.63, 3.8) is 0 Å². The molecule has 0 amide bonds. The van der Waals surface area contributed by atoms with Crippen LogP contribution in [-0.2, 0) is 6.54 Å². The SMILES string of the molecule is CCNC(=NCc1ccc(OC)c(O)c1)N1CCN(c2cccs2)CC1. The standard InChI is InChI=1S/C19H26N4O2S/c1-3-20-19(21-14-15-6-7-17(25-2)16(24)13-15)23-10-8-22(9-11-23)18-5-4-12-26-18/h4-7,12-13,24H,3,8-11,14H2,1-2H3,(H,20,21). The van der Waals surface area contributed by atoms with Crippen molar-refractivity contribution in [3.05, 3.63) is 41.3 Å². The molecule has 2 heterocycles. The number of rotatable bonds is 5. The molecule has 1 aliphatic rings. The Morgan fingerprint density at radius 3 is 2.69 bits per heavy atom. The number of anilines is 1. The van der Waals surface area contributed by atoms with E-state index in [4.69, 9.17) is 9.73 Å². The molecule has 1 aromatic heterocycles. The predicted molar refractivity (Wildman–Crippen MR) is 108 cm³/mol. The summed E-state index contributed by atoms with van der Waals surface area (Å²) in [5.41, 5.74) is 0.955. The zero-order valence-corrected chi connectivity index (χ0v) is 16.1. The number of methoxy groups -OCH3 is 1. The van der Waals surface area contributed by atoms with Gasteiger partial charge in [-0.3, -0.25) is 0 Å². The van der Waals surface area contributed by atoms with Gasteiger partial charge in [-0.15, -0.1) is 11.3 Å². The molecule has 140 valence electrons. The van der Waals surface area contributed by atoms with Crippen molar-refractivity contribution in [2.45, 2.75) is 13.5 Å². The van der Waals surface area contributed by atoms with Crippen LogP contribution in [0.4, 0.5) is 5.00 Å². The minimum absolute atomic E-state index is 0.148. The number of piperazine rings is 1. The Hall–Kier alpha value is -2.41. The van der Waals surface area contributed by atoms with E-state index in [-0.39, 0.29) is 5.75 Å². The number of aromatic hydroxyl groups is 1. The summed E-state index contributed by atoms with van der Waals surface area (Å²) in [6.07, 6.45) is 0. The van der Waals surface area contributed by atoms with Gasteiger partial charge in [0, 0.05) is 32.7 Å². The van der Waals surface area contributed by atoms with Crippen LogP contribution in [0, 0.1) is 0 Å². The van der Waals surface area contributed by atoms with Crippen molar-refractivity contribution < 1.29 is 9.84 Å². The van der Waals surface area contributed by atoms with Gasteiger partial charge in [-0.25, -0.2) is 4.99 Å². The van der Waals surface area contributed by atoms with Crippen LogP contribution in [0.3, 0.4) is 0 Å². The fraction of sp³-hybridized carbons (Fsp3) is 0.421. The molecule has 1 saturated heterocycles. The highest BCUT2D eigenvalue weighted by atomic mass is 32.1. The van der Waals surface area contributed by atoms with Gasteiger partial charge in [0.2, 0.25) is 0 Å². The quantitative estimate of drug-likeness (QED) is 0.622. The van der Waals surface area contributed by atoms with Gasteiger partial charge < -0.3 is 25.0 Å². The number of hydrogen-bond donors (Lipinski definition) is 2. The first kappa shape index (κ1) is 18.4. The second kappa shape index (κ2) is 8.80. The number of nitrogens with zero attached hydrogens (tertiary/aromatic N) is 3. The molecule has 1 aromatic carbocycles. The molecular weight excluding hydrogens is 348 g/mol. The summed E-state index contributed by atoms with van der Waals surface area (Å²) in [6.45, 7) is 7.30. The third kappa shape index (κ3) is 4.40. The van der Waals surface area contributed by atoms with Crippen molar-refractivity contribution in [2.24, 2.45) is 4.99 Å². The number of thiophene rings is 1. The van der Waals surface area contributed by atoms with E-state index >= 15 is 0 Å². The highest BCUT2D eigenvalue weighted by Gasteiger charge is 2.20. The first-order valence-electron chi connectivity index (χ1n) is 8.89. The fourth-order valence-corrected chi connectivity index (χ4v) is 3.80. The molecule has 2 aromatic rings. The lowest BCUT2D eigenvalue weighted by Crippen LogP contribution is -2.52. The molecule has 0 radical (unpaired) electrons. The number of guanidine groups is 1. The summed E-state index contributed by atoms with van der Waals surface area (Å²) >= 11 is 1.79. The van der Waals surface area contributed by atoms with Gasteiger partial charge in [-0.05, 0) is 42.1 Å². The van der Waals surface area contributed by atoms with Crippen molar-refractivity contribution >= 4 is 22.3 Å². The average molecular weight is 375 g/mol. The molecular formula is C19H26N4O2S. The van der Waals surface area contributed by atoms with E-state index in [1.54, 1.807) is 30.6 Å². The highest BCUT2D eigenvalue weighted by Crippen LogP contribution is 2.26. The van der Waals surface area contributed by atoms with Gasteiger partial charge in [-0.1, -0.05) is 6.07 Å². The summed E-state index contributed by atoms with van der Waals surface area (Å²) in [5, 5.41) is 16.8. The molecule has 0 spiro atoms. The van der Waals surface area contributed by atoms with E-state index in [1.165, 1.54) is 5.00 Å². The number of ether oxygens (including phenoxy) is 1. The normalized spacial score (nSPS) is 15.2. The summed E-state index contributed by atoms with van der Waals surface area (Å²) in [4.78, 5) is 9.48. The van der Waals surface area contributed by atoms with Gasteiger partial charge in [0.25, 0.3) is 0 Å². The first-order valence-corrected chi connectivity index (χ1v) is 9.77. The van der Waals surface area contributed by atoms with Gasteiger partial charge in [0.1, 0.15) is 0 Å². The molecule has 7 heteroatoms. The molecule has 3 rings (SSSR count). The molecule has 6 nitrogen and oxygen atoms in total. The zero-order chi connectivity index (χ0) is 18.4. The summed E-state index contributed by atoms with van der Waals surface area (Å²) in [7, 11) is 1.55.